The van der Waals surface area contributed by atoms with Crippen molar-refractivity contribution in [3.63, 3.8) is 0 Å². The molecule has 0 aromatic heterocycles. The lowest BCUT2D eigenvalue weighted by Gasteiger charge is -2.26. The number of rotatable bonds is 6. The van der Waals surface area contributed by atoms with Gasteiger partial charge in [-0.2, -0.15) is 0 Å². The number of benzene rings is 2. The van der Waals surface area contributed by atoms with E-state index in [1.165, 1.54) is 11.6 Å². The van der Waals surface area contributed by atoms with Crippen LogP contribution < -0.4 is 5.32 Å². The summed E-state index contributed by atoms with van der Waals surface area (Å²) < 4.78 is 18.9. The van der Waals surface area contributed by atoms with Crippen LogP contribution in [0.4, 0.5) is 10.1 Å². The van der Waals surface area contributed by atoms with Crippen LogP contribution in [0.25, 0.3) is 0 Å². The van der Waals surface area contributed by atoms with Gasteiger partial charge in [0.2, 0.25) is 5.91 Å². The molecule has 4 nitrogen and oxygen atoms in total. The smallest absolute Gasteiger partial charge is 0.224 e. The van der Waals surface area contributed by atoms with Gasteiger partial charge in [-0.25, -0.2) is 4.39 Å². The van der Waals surface area contributed by atoms with Crippen LogP contribution in [-0.2, 0) is 22.5 Å². The van der Waals surface area contributed by atoms with Gasteiger partial charge >= 0.3 is 0 Å². The van der Waals surface area contributed by atoms with E-state index in [9.17, 15) is 9.18 Å². The Morgan fingerprint density at radius 3 is 2.52 bits per heavy atom. The average molecular weight is 342 g/mol. The Balaban J connectivity index is 1.47. The molecular weight excluding hydrogens is 319 g/mol. The first-order chi connectivity index (χ1) is 12.2. The lowest BCUT2D eigenvalue weighted by Crippen LogP contribution is -2.35. The van der Waals surface area contributed by atoms with Crippen molar-refractivity contribution in [2.24, 2.45) is 0 Å². The van der Waals surface area contributed by atoms with Crippen molar-refractivity contribution in [1.29, 1.82) is 0 Å². The molecule has 1 amide bonds. The number of hydrogen-bond acceptors (Lipinski definition) is 3. The SMILES string of the molecule is O=C(CCc1ccccc1F)Nc1ccc(CN2CCOCC2)cc1. The van der Waals surface area contributed by atoms with Gasteiger partial charge in [0.05, 0.1) is 13.2 Å². The molecule has 0 radical (unpaired) electrons. The van der Waals surface area contributed by atoms with Crippen LogP contribution in [0.1, 0.15) is 17.5 Å². The Morgan fingerprint density at radius 2 is 1.80 bits per heavy atom. The number of ether oxygens (including phenoxy) is 1. The largest absolute Gasteiger partial charge is 0.379 e. The van der Waals surface area contributed by atoms with E-state index in [1.807, 2.05) is 24.3 Å². The standard InChI is InChI=1S/C20H23FN2O2/c21-19-4-2-1-3-17(19)7-10-20(24)22-18-8-5-16(6-9-18)15-23-11-13-25-14-12-23/h1-6,8-9H,7,10-15H2,(H,22,24). The molecule has 2 aromatic carbocycles. The number of morpholine rings is 1. The monoisotopic (exact) mass is 342 g/mol. The zero-order valence-corrected chi connectivity index (χ0v) is 14.2. The number of aryl methyl sites for hydroxylation is 1. The van der Waals surface area contributed by atoms with Gasteiger partial charge in [0.25, 0.3) is 0 Å². The molecule has 132 valence electrons. The summed E-state index contributed by atoms with van der Waals surface area (Å²) in [5.41, 5.74) is 2.55. The van der Waals surface area contributed by atoms with Crippen molar-refractivity contribution in [1.82, 2.24) is 4.90 Å². The second-order valence-electron chi connectivity index (χ2n) is 6.23. The summed E-state index contributed by atoms with van der Waals surface area (Å²) in [5.74, 6) is -0.369. The molecular formula is C20H23FN2O2. The molecule has 1 N–H and O–H groups in total. The van der Waals surface area contributed by atoms with Crippen molar-refractivity contribution >= 4 is 11.6 Å². The van der Waals surface area contributed by atoms with Crippen molar-refractivity contribution in [2.75, 3.05) is 31.6 Å². The van der Waals surface area contributed by atoms with E-state index >= 15 is 0 Å². The molecule has 0 aliphatic carbocycles. The minimum absolute atomic E-state index is 0.107. The van der Waals surface area contributed by atoms with Crippen LogP contribution >= 0.6 is 0 Å². The highest BCUT2D eigenvalue weighted by Gasteiger charge is 2.11. The molecule has 0 spiro atoms. The zero-order valence-electron chi connectivity index (χ0n) is 14.2. The van der Waals surface area contributed by atoms with Gasteiger partial charge in [-0.1, -0.05) is 30.3 Å². The van der Waals surface area contributed by atoms with Crippen LogP contribution in [-0.4, -0.2) is 37.1 Å². The molecule has 1 fully saturated rings. The van der Waals surface area contributed by atoms with Gasteiger partial charge in [0, 0.05) is 31.7 Å². The van der Waals surface area contributed by atoms with Gasteiger partial charge in [-0.3, -0.25) is 9.69 Å². The molecule has 0 bridgehead atoms. The third-order valence-corrected chi connectivity index (χ3v) is 4.33. The number of nitrogens with one attached hydrogen (secondary N) is 1. The third-order valence-electron chi connectivity index (χ3n) is 4.33. The van der Waals surface area contributed by atoms with E-state index < -0.39 is 0 Å². The van der Waals surface area contributed by atoms with Crippen molar-refractivity contribution in [3.05, 3.63) is 65.5 Å². The molecule has 5 heteroatoms. The molecule has 1 aliphatic heterocycles. The molecule has 3 rings (SSSR count). The summed E-state index contributed by atoms with van der Waals surface area (Å²) >= 11 is 0. The average Bonchev–Trinajstić information content (AvgIpc) is 2.64. The normalized spacial score (nSPS) is 15.1. The highest BCUT2D eigenvalue weighted by Crippen LogP contribution is 2.14. The highest BCUT2D eigenvalue weighted by atomic mass is 19.1. The van der Waals surface area contributed by atoms with Crippen LogP contribution in [0.2, 0.25) is 0 Å². The molecule has 25 heavy (non-hydrogen) atoms. The maximum atomic E-state index is 13.6. The van der Waals surface area contributed by atoms with E-state index in [4.69, 9.17) is 4.74 Å². The fourth-order valence-corrected chi connectivity index (χ4v) is 2.88. The van der Waals surface area contributed by atoms with Gasteiger partial charge < -0.3 is 10.1 Å². The first-order valence-electron chi connectivity index (χ1n) is 8.63. The maximum absolute atomic E-state index is 13.6. The van der Waals surface area contributed by atoms with Gasteiger partial charge in [-0.15, -0.1) is 0 Å². The Hall–Kier alpha value is -2.24. The molecule has 2 aromatic rings. The number of halogens is 1. The summed E-state index contributed by atoms with van der Waals surface area (Å²) in [6.07, 6.45) is 0.657. The first kappa shape index (κ1) is 17.6. The lowest BCUT2D eigenvalue weighted by atomic mass is 10.1. The molecule has 0 atom stereocenters. The minimum atomic E-state index is -0.261. The maximum Gasteiger partial charge on any atom is 0.224 e. The minimum Gasteiger partial charge on any atom is -0.379 e. The fourth-order valence-electron chi connectivity index (χ4n) is 2.88. The number of nitrogens with zero attached hydrogens (tertiary/aromatic N) is 1. The zero-order chi connectivity index (χ0) is 17.5. The molecule has 0 unspecified atom stereocenters. The number of carbonyl (C=O) groups excluding carboxylic acids is 1. The van der Waals surface area contributed by atoms with Gasteiger partial charge in [0.1, 0.15) is 5.82 Å². The Morgan fingerprint density at radius 1 is 1.08 bits per heavy atom. The summed E-state index contributed by atoms with van der Waals surface area (Å²) in [7, 11) is 0. The Kier molecular flexibility index (Phi) is 6.14. The lowest BCUT2D eigenvalue weighted by molar-refractivity contribution is -0.116. The molecule has 1 saturated heterocycles. The van der Waals surface area contributed by atoms with Crippen molar-refractivity contribution in [3.8, 4) is 0 Å². The van der Waals surface area contributed by atoms with Crippen LogP contribution in [0.3, 0.4) is 0 Å². The molecule has 0 saturated carbocycles. The highest BCUT2D eigenvalue weighted by molar-refractivity contribution is 5.90. The molecule has 1 heterocycles. The first-order valence-corrected chi connectivity index (χ1v) is 8.63. The van der Waals surface area contributed by atoms with E-state index in [2.05, 4.69) is 10.2 Å². The van der Waals surface area contributed by atoms with E-state index in [0.29, 0.717) is 12.0 Å². The Bertz CT molecular complexity index is 697. The van der Waals surface area contributed by atoms with Crippen molar-refractivity contribution in [2.45, 2.75) is 19.4 Å². The van der Waals surface area contributed by atoms with Gasteiger partial charge in [-0.05, 0) is 35.7 Å². The van der Waals surface area contributed by atoms with Crippen LogP contribution in [0.15, 0.2) is 48.5 Å². The number of amides is 1. The topological polar surface area (TPSA) is 41.6 Å². The predicted molar refractivity (Wildman–Crippen MR) is 95.9 cm³/mol. The van der Waals surface area contributed by atoms with E-state index in [1.54, 1.807) is 18.2 Å². The second-order valence-corrected chi connectivity index (χ2v) is 6.23. The van der Waals surface area contributed by atoms with Crippen molar-refractivity contribution < 1.29 is 13.9 Å². The molecule has 1 aliphatic rings. The van der Waals surface area contributed by atoms with E-state index in [0.717, 1.165) is 38.5 Å². The Labute approximate surface area is 147 Å². The predicted octanol–water partition coefficient (Wildman–Crippen LogP) is 3.23. The summed E-state index contributed by atoms with van der Waals surface area (Å²) in [5, 5.41) is 2.87. The number of hydrogen-bond donors (Lipinski definition) is 1. The summed E-state index contributed by atoms with van der Waals surface area (Å²) in [6.45, 7) is 4.38. The fraction of sp³-hybridized carbons (Fsp3) is 0.350. The van der Waals surface area contributed by atoms with Gasteiger partial charge in [0.15, 0.2) is 0 Å². The van der Waals surface area contributed by atoms with Crippen LogP contribution in [0, 0.1) is 5.82 Å². The summed E-state index contributed by atoms with van der Waals surface area (Å²) in [4.78, 5) is 14.4. The number of carbonyl (C=O) groups is 1. The van der Waals surface area contributed by atoms with E-state index in [-0.39, 0.29) is 18.1 Å². The number of anilines is 1. The summed E-state index contributed by atoms with van der Waals surface area (Å²) in [6, 6.07) is 14.4. The second kappa shape index (κ2) is 8.74. The quantitative estimate of drug-likeness (QED) is 0.876. The third kappa shape index (κ3) is 5.37. The van der Waals surface area contributed by atoms with Crippen LogP contribution in [0.5, 0.6) is 0 Å².